The number of rotatable bonds is 5. The molecule has 0 saturated heterocycles. The van der Waals surface area contributed by atoms with E-state index in [0.717, 1.165) is 16.5 Å². The Hall–Kier alpha value is -2.65. The third-order valence-electron chi connectivity index (χ3n) is 3.45. The van der Waals surface area contributed by atoms with Gasteiger partial charge in [-0.05, 0) is 21.9 Å². The average Bonchev–Trinajstić information content (AvgIpc) is 2.56. The van der Waals surface area contributed by atoms with E-state index in [1.54, 1.807) is 0 Å². The fourth-order valence-corrected chi connectivity index (χ4v) is 2.34. The summed E-state index contributed by atoms with van der Waals surface area (Å²) in [6.07, 6.45) is 0.305. The van der Waals surface area contributed by atoms with Gasteiger partial charge in [-0.25, -0.2) is 5.48 Å². The number of carbonyl (C=O) groups excluding carboxylic acids is 1. The summed E-state index contributed by atoms with van der Waals surface area (Å²) in [5.74, 6) is -0.147. The van der Waals surface area contributed by atoms with Gasteiger partial charge in [0.05, 0.1) is 13.0 Å². The molecule has 1 N–H and O–H groups in total. The van der Waals surface area contributed by atoms with Crippen LogP contribution < -0.4 is 5.48 Å². The molecule has 0 unspecified atom stereocenters. The van der Waals surface area contributed by atoms with Crippen LogP contribution in [0.4, 0.5) is 0 Å². The van der Waals surface area contributed by atoms with Crippen LogP contribution in [0, 0.1) is 0 Å². The van der Waals surface area contributed by atoms with Crippen molar-refractivity contribution in [3.05, 3.63) is 83.9 Å². The molecule has 0 atom stereocenters. The van der Waals surface area contributed by atoms with Crippen molar-refractivity contribution in [2.24, 2.45) is 0 Å². The normalized spacial score (nSPS) is 10.5. The Labute approximate surface area is 129 Å². The lowest BCUT2D eigenvalue weighted by Gasteiger charge is -2.07. The molecule has 0 aliphatic heterocycles. The lowest BCUT2D eigenvalue weighted by Crippen LogP contribution is -2.25. The van der Waals surface area contributed by atoms with Crippen molar-refractivity contribution in [3.63, 3.8) is 0 Å². The van der Waals surface area contributed by atoms with E-state index in [4.69, 9.17) is 4.84 Å². The van der Waals surface area contributed by atoms with E-state index in [1.165, 1.54) is 5.39 Å². The van der Waals surface area contributed by atoms with E-state index in [1.807, 2.05) is 66.7 Å². The summed E-state index contributed by atoms with van der Waals surface area (Å²) in [7, 11) is 0. The first-order chi connectivity index (χ1) is 10.8. The highest BCUT2D eigenvalue weighted by Crippen LogP contribution is 2.15. The van der Waals surface area contributed by atoms with Gasteiger partial charge >= 0.3 is 0 Å². The van der Waals surface area contributed by atoms with Gasteiger partial charge < -0.3 is 0 Å². The number of hydrogen-bond acceptors (Lipinski definition) is 2. The largest absolute Gasteiger partial charge is 0.272 e. The van der Waals surface area contributed by atoms with Gasteiger partial charge in [0.2, 0.25) is 5.91 Å². The van der Waals surface area contributed by atoms with Crippen LogP contribution in [0.5, 0.6) is 0 Å². The molecular weight excluding hydrogens is 274 g/mol. The van der Waals surface area contributed by atoms with E-state index in [0.29, 0.717) is 13.0 Å². The first-order valence-corrected chi connectivity index (χ1v) is 7.23. The predicted molar refractivity (Wildman–Crippen MR) is 87.0 cm³/mol. The zero-order chi connectivity index (χ0) is 15.2. The highest BCUT2D eigenvalue weighted by Gasteiger charge is 2.04. The molecule has 0 aromatic heterocycles. The highest BCUT2D eigenvalue weighted by molar-refractivity contribution is 5.85. The first-order valence-electron chi connectivity index (χ1n) is 7.23. The average molecular weight is 291 g/mol. The summed E-state index contributed by atoms with van der Waals surface area (Å²) >= 11 is 0. The summed E-state index contributed by atoms with van der Waals surface area (Å²) < 4.78 is 0. The zero-order valence-electron chi connectivity index (χ0n) is 12.2. The van der Waals surface area contributed by atoms with Gasteiger partial charge in [-0.3, -0.25) is 9.63 Å². The summed E-state index contributed by atoms with van der Waals surface area (Å²) in [5.41, 5.74) is 4.48. The number of hydrogen-bond donors (Lipinski definition) is 1. The fraction of sp³-hybridized carbons (Fsp3) is 0.105. The van der Waals surface area contributed by atoms with Crippen LogP contribution in [-0.2, 0) is 22.7 Å². The zero-order valence-corrected chi connectivity index (χ0v) is 12.2. The van der Waals surface area contributed by atoms with Gasteiger partial charge in [0.15, 0.2) is 0 Å². The van der Waals surface area contributed by atoms with Crippen LogP contribution in [0.3, 0.4) is 0 Å². The number of amides is 1. The molecule has 0 bridgehead atoms. The summed E-state index contributed by atoms with van der Waals surface area (Å²) in [4.78, 5) is 17.1. The SMILES string of the molecule is O=C(Cc1ccc2ccccc2c1)NOCc1ccccc1. The van der Waals surface area contributed by atoms with Crippen LogP contribution in [-0.4, -0.2) is 5.91 Å². The molecule has 0 saturated carbocycles. The molecule has 0 aliphatic rings. The fourth-order valence-electron chi connectivity index (χ4n) is 2.34. The molecule has 1 amide bonds. The Morgan fingerprint density at radius 1 is 0.818 bits per heavy atom. The van der Waals surface area contributed by atoms with Gasteiger partial charge in [0.1, 0.15) is 0 Å². The summed E-state index contributed by atoms with van der Waals surface area (Å²) in [6.45, 7) is 0.365. The number of nitrogens with one attached hydrogen (secondary N) is 1. The predicted octanol–water partition coefficient (Wildman–Crippen LogP) is 3.63. The quantitative estimate of drug-likeness (QED) is 0.729. The Balaban J connectivity index is 1.54. The van der Waals surface area contributed by atoms with E-state index >= 15 is 0 Å². The Bertz CT molecular complexity index is 769. The van der Waals surface area contributed by atoms with E-state index in [9.17, 15) is 4.79 Å². The molecule has 0 aliphatic carbocycles. The molecule has 0 heterocycles. The lowest BCUT2D eigenvalue weighted by atomic mass is 10.1. The molecule has 0 radical (unpaired) electrons. The van der Waals surface area contributed by atoms with E-state index in [2.05, 4.69) is 11.5 Å². The van der Waals surface area contributed by atoms with Crippen LogP contribution in [0.15, 0.2) is 72.8 Å². The van der Waals surface area contributed by atoms with Crippen LogP contribution in [0.25, 0.3) is 10.8 Å². The number of hydroxylamine groups is 1. The van der Waals surface area contributed by atoms with Crippen LogP contribution in [0.2, 0.25) is 0 Å². The smallest absolute Gasteiger partial charge is 0.247 e. The van der Waals surface area contributed by atoms with Crippen LogP contribution in [0.1, 0.15) is 11.1 Å². The van der Waals surface area contributed by atoms with Crippen molar-refractivity contribution in [2.45, 2.75) is 13.0 Å². The molecule has 3 aromatic rings. The third kappa shape index (κ3) is 3.71. The maximum absolute atomic E-state index is 11.9. The molecular formula is C19H17NO2. The van der Waals surface area contributed by atoms with E-state index < -0.39 is 0 Å². The molecule has 3 heteroatoms. The second kappa shape index (κ2) is 6.87. The van der Waals surface area contributed by atoms with Crippen LogP contribution >= 0.6 is 0 Å². The molecule has 110 valence electrons. The Morgan fingerprint density at radius 3 is 2.36 bits per heavy atom. The van der Waals surface area contributed by atoms with Crippen molar-refractivity contribution < 1.29 is 9.63 Å². The number of benzene rings is 3. The molecule has 3 aromatic carbocycles. The summed E-state index contributed by atoms with van der Waals surface area (Å²) in [5, 5.41) is 2.31. The standard InChI is InChI=1S/C19H17NO2/c21-19(20-22-14-15-6-2-1-3-7-15)13-16-10-11-17-8-4-5-9-18(17)12-16/h1-12H,13-14H2,(H,20,21). The minimum absolute atomic E-state index is 0.147. The maximum atomic E-state index is 11.9. The molecule has 0 fully saturated rings. The molecule has 0 spiro atoms. The molecule has 3 nitrogen and oxygen atoms in total. The molecule has 3 rings (SSSR count). The second-order valence-electron chi connectivity index (χ2n) is 5.16. The first kappa shape index (κ1) is 14.3. The van der Waals surface area contributed by atoms with Gasteiger partial charge in [0.25, 0.3) is 0 Å². The van der Waals surface area contributed by atoms with E-state index in [-0.39, 0.29) is 5.91 Å². The Morgan fingerprint density at radius 2 is 1.55 bits per heavy atom. The Kier molecular flexibility index (Phi) is 4.47. The molecule has 22 heavy (non-hydrogen) atoms. The van der Waals surface area contributed by atoms with Crippen molar-refractivity contribution in [1.29, 1.82) is 0 Å². The minimum atomic E-state index is -0.147. The maximum Gasteiger partial charge on any atom is 0.247 e. The number of carbonyl (C=O) groups is 1. The van der Waals surface area contributed by atoms with Gasteiger partial charge in [-0.15, -0.1) is 0 Å². The van der Waals surface area contributed by atoms with Gasteiger partial charge in [0, 0.05) is 0 Å². The highest BCUT2D eigenvalue weighted by atomic mass is 16.6. The van der Waals surface area contributed by atoms with Crippen molar-refractivity contribution in [3.8, 4) is 0 Å². The van der Waals surface area contributed by atoms with Crippen molar-refractivity contribution in [2.75, 3.05) is 0 Å². The van der Waals surface area contributed by atoms with Gasteiger partial charge in [-0.1, -0.05) is 72.8 Å². The third-order valence-corrected chi connectivity index (χ3v) is 3.45. The summed E-state index contributed by atoms with van der Waals surface area (Å²) in [6, 6.07) is 23.9. The monoisotopic (exact) mass is 291 g/mol. The van der Waals surface area contributed by atoms with Gasteiger partial charge in [-0.2, -0.15) is 0 Å². The van der Waals surface area contributed by atoms with Crippen molar-refractivity contribution in [1.82, 2.24) is 5.48 Å². The number of fused-ring (bicyclic) bond motifs is 1. The second-order valence-corrected chi connectivity index (χ2v) is 5.16. The lowest BCUT2D eigenvalue weighted by molar-refractivity contribution is -0.133. The minimum Gasteiger partial charge on any atom is -0.272 e. The topological polar surface area (TPSA) is 38.3 Å². The van der Waals surface area contributed by atoms with Crippen molar-refractivity contribution >= 4 is 16.7 Å².